The van der Waals surface area contributed by atoms with Crippen molar-refractivity contribution in [2.24, 2.45) is 11.8 Å². The van der Waals surface area contributed by atoms with Gasteiger partial charge in [-0.25, -0.2) is 4.98 Å². The fourth-order valence-electron chi connectivity index (χ4n) is 4.71. The Bertz CT molecular complexity index is 1040. The molecular weight excluding hydrogens is 446 g/mol. The lowest BCUT2D eigenvalue weighted by Gasteiger charge is -2.35. The van der Waals surface area contributed by atoms with Crippen LogP contribution in [0.1, 0.15) is 52.9 Å². The molecule has 2 aliphatic rings. The number of rotatable bonds is 6. The van der Waals surface area contributed by atoms with E-state index in [-0.39, 0.29) is 28.9 Å². The van der Waals surface area contributed by atoms with Gasteiger partial charge in [-0.2, -0.15) is 0 Å². The van der Waals surface area contributed by atoms with Crippen LogP contribution in [0.3, 0.4) is 0 Å². The number of thioether (sulfide) groups is 1. The monoisotopic (exact) mass is 477 g/mol. The molecule has 1 N–H and O–H groups in total. The van der Waals surface area contributed by atoms with Gasteiger partial charge in [0.15, 0.2) is 5.16 Å². The molecule has 1 saturated heterocycles. The number of carbonyl (C=O) groups is 1. The van der Waals surface area contributed by atoms with Gasteiger partial charge < -0.3 is 10.1 Å². The minimum absolute atomic E-state index is 0.00712. The molecule has 1 aromatic carbocycles. The lowest BCUT2D eigenvalue weighted by Crippen LogP contribution is -2.46. The van der Waals surface area contributed by atoms with Gasteiger partial charge in [0.25, 0.3) is 5.56 Å². The van der Waals surface area contributed by atoms with Crippen LogP contribution in [0.25, 0.3) is 10.9 Å². The number of carbonyl (C=O) groups excluding carboxylic acids is 1. The van der Waals surface area contributed by atoms with Crippen molar-refractivity contribution in [3.8, 4) is 0 Å². The summed E-state index contributed by atoms with van der Waals surface area (Å²) in [6.07, 6.45) is 5.29. The number of nitrogens with one attached hydrogen (secondary N) is 1. The molecule has 5 atom stereocenters. The highest BCUT2D eigenvalue weighted by molar-refractivity contribution is 8.00. The zero-order valence-corrected chi connectivity index (χ0v) is 20.5. The van der Waals surface area contributed by atoms with Crippen LogP contribution in [-0.4, -0.2) is 39.5 Å². The summed E-state index contributed by atoms with van der Waals surface area (Å²) in [6, 6.07) is 5.33. The summed E-state index contributed by atoms with van der Waals surface area (Å²) in [5.41, 5.74) is 0.433. The SMILES string of the molecule is C[C@@H]1[C@@H](C)CCC[C@H]1NC(=O)[C@H](C)Sc1nc2cc(Cl)ccc2c(=O)n1C[C@@H]1CCCO1. The van der Waals surface area contributed by atoms with Crippen LogP contribution in [0.4, 0.5) is 0 Å². The number of ether oxygens (including phenoxy) is 1. The van der Waals surface area contributed by atoms with Crippen molar-refractivity contribution in [3.05, 3.63) is 33.6 Å². The van der Waals surface area contributed by atoms with E-state index in [1.807, 2.05) is 6.92 Å². The maximum atomic E-state index is 13.3. The molecule has 8 heteroatoms. The van der Waals surface area contributed by atoms with Crippen LogP contribution in [0.2, 0.25) is 5.02 Å². The number of nitrogens with zero attached hydrogens (tertiary/aromatic N) is 2. The number of amides is 1. The Morgan fingerprint density at radius 2 is 2.12 bits per heavy atom. The molecule has 2 heterocycles. The van der Waals surface area contributed by atoms with E-state index in [1.165, 1.54) is 18.2 Å². The normalized spacial score (nSPS) is 26.9. The number of benzene rings is 1. The van der Waals surface area contributed by atoms with Gasteiger partial charge in [-0.3, -0.25) is 14.2 Å². The maximum absolute atomic E-state index is 13.3. The number of aromatic nitrogens is 2. The zero-order chi connectivity index (χ0) is 22.8. The van der Waals surface area contributed by atoms with Crippen molar-refractivity contribution in [2.45, 2.75) is 82.0 Å². The summed E-state index contributed by atoms with van der Waals surface area (Å²) in [5.74, 6) is 1.06. The predicted octanol–water partition coefficient (Wildman–Crippen LogP) is 4.65. The molecule has 1 aliphatic carbocycles. The van der Waals surface area contributed by atoms with Crippen molar-refractivity contribution in [1.29, 1.82) is 0 Å². The first-order chi connectivity index (χ1) is 15.3. The smallest absolute Gasteiger partial charge is 0.262 e. The summed E-state index contributed by atoms with van der Waals surface area (Å²) >= 11 is 7.48. The lowest BCUT2D eigenvalue weighted by atomic mass is 9.78. The van der Waals surface area contributed by atoms with E-state index in [0.29, 0.717) is 39.5 Å². The maximum Gasteiger partial charge on any atom is 0.262 e. The molecule has 6 nitrogen and oxygen atoms in total. The average Bonchev–Trinajstić information content (AvgIpc) is 3.27. The first-order valence-electron chi connectivity index (χ1n) is 11.6. The highest BCUT2D eigenvalue weighted by Gasteiger charge is 2.30. The van der Waals surface area contributed by atoms with E-state index in [1.54, 1.807) is 22.8 Å². The number of hydrogen-bond acceptors (Lipinski definition) is 5. The number of hydrogen-bond donors (Lipinski definition) is 1. The van der Waals surface area contributed by atoms with Crippen LogP contribution in [0, 0.1) is 11.8 Å². The van der Waals surface area contributed by atoms with E-state index in [4.69, 9.17) is 21.3 Å². The van der Waals surface area contributed by atoms with Crippen LogP contribution in [0.5, 0.6) is 0 Å². The van der Waals surface area contributed by atoms with Crippen molar-refractivity contribution in [1.82, 2.24) is 14.9 Å². The largest absolute Gasteiger partial charge is 0.376 e. The molecule has 32 heavy (non-hydrogen) atoms. The Morgan fingerprint density at radius 3 is 2.88 bits per heavy atom. The molecule has 2 aromatic rings. The summed E-state index contributed by atoms with van der Waals surface area (Å²) in [5, 5.41) is 4.47. The van der Waals surface area contributed by atoms with Crippen molar-refractivity contribution >= 4 is 40.2 Å². The van der Waals surface area contributed by atoms with E-state index >= 15 is 0 Å². The first kappa shape index (κ1) is 23.6. The van der Waals surface area contributed by atoms with E-state index < -0.39 is 0 Å². The second kappa shape index (κ2) is 10.1. The molecule has 0 radical (unpaired) electrons. The minimum Gasteiger partial charge on any atom is -0.376 e. The molecule has 0 bridgehead atoms. The second-order valence-corrected chi connectivity index (χ2v) is 11.0. The highest BCUT2D eigenvalue weighted by Crippen LogP contribution is 2.30. The molecule has 4 rings (SSSR count). The van der Waals surface area contributed by atoms with Crippen molar-refractivity contribution in [2.75, 3.05) is 6.61 Å². The first-order valence-corrected chi connectivity index (χ1v) is 12.9. The van der Waals surface area contributed by atoms with Crippen LogP contribution >= 0.6 is 23.4 Å². The molecular formula is C24H32ClN3O3S. The Morgan fingerprint density at radius 1 is 1.31 bits per heavy atom. The molecule has 1 saturated carbocycles. The quantitative estimate of drug-likeness (QED) is 0.484. The average molecular weight is 478 g/mol. The van der Waals surface area contributed by atoms with Crippen LogP contribution in [-0.2, 0) is 16.1 Å². The fourth-order valence-corrected chi connectivity index (χ4v) is 5.81. The summed E-state index contributed by atoms with van der Waals surface area (Å²) in [7, 11) is 0. The number of halogens is 1. The molecule has 1 amide bonds. The lowest BCUT2D eigenvalue weighted by molar-refractivity contribution is -0.121. The van der Waals surface area contributed by atoms with Crippen LogP contribution in [0.15, 0.2) is 28.2 Å². The third kappa shape index (κ3) is 5.15. The Kier molecular flexibility index (Phi) is 7.47. The summed E-state index contributed by atoms with van der Waals surface area (Å²) < 4.78 is 7.45. The summed E-state index contributed by atoms with van der Waals surface area (Å²) in [4.78, 5) is 31.1. The Balaban J connectivity index is 1.58. The van der Waals surface area contributed by atoms with E-state index in [9.17, 15) is 9.59 Å². The van der Waals surface area contributed by atoms with Gasteiger partial charge in [0, 0.05) is 17.7 Å². The Hall–Kier alpha value is -1.57. The highest BCUT2D eigenvalue weighted by atomic mass is 35.5. The van der Waals surface area contributed by atoms with Gasteiger partial charge in [0.05, 0.1) is 28.8 Å². The van der Waals surface area contributed by atoms with Gasteiger partial charge in [-0.05, 0) is 56.2 Å². The molecule has 174 valence electrons. The van der Waals surface area contributed by atoms with Crippen molar-refractivity contribution < 1.29 is 9.53 Å². The molecule has 0 unspecified atom stereocenters. The summed E-state index contributed by atoms with van der Waals surface area (Å²) in [6.45, 7) is 7.52. The van der Waals surface area contributed by atoms with Gasteiger partial charge in [-0.1, -0.05) is 50.1 Å². The third-order valence-corrected chi connectivity index (χ3v) is 8.30. The minimum atomic E-state index is -0.376. The molecule has 1 aliphatic heterocycles. The fraction of sp³-hybridized carbons (Fsp3) is 0.625. The van der Waals surface area contributed by atoms with Gasteiger partial charge in [-0.15, -0.1) is 0 Å². The Labute approximate surface area is 198 Å². The predicted molar refractivity (Wildman–Crippen MR) is 129 cm³/mol. The van der Waals surface area contributed by atoms with Crippen LogP contribution < -0.4 is 10.9 Å². The number of fused-ring (bicyclic) bond motifs is 1. The van der Waals surface area contributed by atoms with E-state index in [0.717, 1.165) is 32.3 Å². The molecule has 0 spiro atoms. The van der Waals surface area contributed by atoms with Gasteiger partial charge >= 0.3 is 0 Å². The standard InChI is InChI=1S/C24H32ClN3O3S/c1-14-6-4-8-20(15(14)2)26-22(29)16(3)32-24-27-21-12-17(25)9-10-19(21)23(30)28(24)13-18-7-5-11-31-18/h9-10,12,14-16,18,20H,4-8,11,13H2,1-3H3,(H,26,29)/t14-,15+,16-,18-,20+/m0/s1. The topological polar surface area (TPSA) is 73.2 Å². The van der Waals surface area contributed by atoms with Crippen molar-refractivity contribution in [3.63, 3.8) is 0 Å². The third-order valence-electron chi connectivity index (χ3n) is 6.98. The van der Waals surface area contributed by atoms with Gasteiger partial charge in [0.1, 0.15) is 0 Å². The van der Waals surface area contributed by atoms with E-state index in [2.05, 4.69) is 19.2 Å². The second-order valence-electron chi connectivity index (χ2n) is 9.25. The molecule has 2 fully saturated rings. The zero-order valence-electron chi connectivity index (χ0n) is 19.0. The molecule has 1 aromatic heterocycles. The van der Waals surface area contributed by atoms with Gasteiger partial charge in [0.2, 0.25) is 5.91 Å².